The van der Waals surface area contributed by atoms with E-state index in [0.29, 0.717) is 0 Å². The van der Waals surface area contributed by atoms with Crippen LogP contribution in [-0.4, -0.2) is 40.9 Å². The van der Waals surface area contributed by atoms with E-state index in [4.69, 9.17) is 10.2 Å². The van der Waals surface area contributed by atoms with Gasteiger partial charge in [0, 0.05) is 0 Å². The Balaban J connectivity index is 0. The molecular formula is C5H7NaO7S. The summed E-state index contributed by atoms with van der Waals surface area (Å²) in [6.45, 7) is 0. The minimum Gasteiger partial charge on any atom is -0.748 e. The van der Waals surface area contributed by atoms with E-state index >= 15 is 0 Å². The summed E-state index contributed by atoms with van der Waals surface area (Å²) in [6.07, 6.45) is -0.878. The van der Waals surface area contributed by atoms with E-state index in [0.717, 1.165) is 0 Å². The smallest absolute Gasteiger partial charge is 0.748 e. The van der Waals surface area contributed by atoms with Gasteiger partial charge in [0.2, 0.25) is 0 Å². The van der Waals surface area contributed by atoms with Crippen LogP contribution in [0.4, 0.5) is 0 Å². The first kappa shape index (κ1) is 16.3. The van der Waals surface area contributed by atoms with Crippen LogP contribution in [0.3, 0.4) is 0 Å². The summed E-state index contributed by atoms with van der Waals surface area (Å²) in [5.41, 5.74) is 0. The summed E-state index contributed by atoms with van der Waals surface area (Å²) in [4.78, 5) is 20.3. The molecule has 0 fully saturated rings. The van der Waals surface area contributed by atoms with Crippen molar-refractivity contribution in [2.24, 2.45) is 5.92 Å². The van der Waals surface area contributed by atoms with Gasteiger partial charge in [-0.1, -0.05) is 0 Å². The van der Waals surface area contributed by atoms with Crippen molar-refractivity contribution < 1.29 is 62.3 Å². The molecule has 0 spiro atoms. The number of carboxylic acid groups (broad SMARTS) is 2. The normalized spacial score (nSPS) is 12.6. The topological polar surface area (TPSA) is 132 Å². The van der Waals surface area contributed by atoms with Crippen molar-refractivity contribution >= 4 is 22.1 Å². The van der Waals surface area contributed by atoms with Crippen LogP contribution in [0, 0.1) is 5.92 Å². The minimum absolute atomic E-state index is 0. The van der Waals surface area contributed by atoms with Gasteiger partial charge in [0.1, 0.15) is 0 Å². The van der Waals surface area contributed by atoms with Crippen molar-refractivity contribution in [1.29, 1.82) is 0 Å². The largest absolute Gasteiger partial charge is 1.00 e. The third kappa shape index (κ3) is 8.45. The average molecular weight is 234 g/mol. The van der Waals surface area contributed by atoms with Gasteiger partial charge in [-0.2, -0.15) is 0 Å². The molecule has 0 aliphatic rings. The minimum atomic E-state index is -4.71. The Labute approximate surface area is 102 Å². The number of carboxylic acids is 2. The second kappa shape index (κ2) is 6.36. The zero-order valence-electron chi connectivity index (χ0n) is 7.34. The first-order valence-electron chi connectivity index (χ1n) is 3.10. The molecule has 0 aliphatic heterocycles. The number of hydrogen-bond donors (Lipinski definition) is 2. The summed E-state index contributed by atoms with van der Waals surface area (Å²) in [6, 6.07) is 0. The summed E-state index contributed by atoms with van der Waals surface area (Å²) in [7, 11) is -4.71. The predicted octanol–water partition coefficient (Wildman–Crippen LogP) is -4.29. The van der Waals surface area contributed by atoms with E-state index in [2.05, 4.69) is 0 Å². The molecule has 0 aromatic carbocycles. The molecule has 9 heteroatoms. The van der Waals surface area contributed by atoms with E-state index in [1.54, 1.807) is 0 Å². The molecule has 1 unspecified atom stereocenters. The number of carbonyl (C=O) groups is 2. The fourth-order valence-corrected chi connectivity index (χ4v) is 1.43. The number of aliphatic carboxylic acids is 2. The molecule has 1 atom stereocenters. The Morgan fingerprint density at radius 2 is 1.71 bits per heavy atom. The van der Waals surface area contributed by atoms with Crippen LogP contribution in [-0.2, 0) is 19.7 Å². The maximum Gasteiger partial charge on any atom is 1.00 e. The van der Waals surface area contributed by atoms with Crippen LogP contribution in [0.2, 0.25) is 0 Å². The fraction of sp³-hybridized carbons (Fsp3) is 0.600. The summed E-state index contributed by atoms with van der Waals surface area (Å²) < 4.78 is 30.3. The molecule has 2 N–H and O–H groups in total. The van der Waals surface area contributed by atoms with Crippen molar-refractivity contribution in [3.05, 3.63) is 0 Å². The van der Waals surface area contributed by atoms with Crippen molar-refractivity contribution in [2.45, 2.75) is 6.42 Å². The standard InChI is InChI=1S/C5H8O7S.Na/c6-4(7)1-3(5(8)9)2-13(10,11)12;/h3H,1-2H2,(H,6,7)(H,8,9)(H,10,11,12);/q;+1/p-1. The van der Waals surface area contributed by atoms with Crippen molar-refractivity contribution in [3.8, 4) is 0 Å². The van der Waals surface area contributed by atoms with Gasteiger partial charge in [0.05, 0.1) is 28.2 Å². The Kier molecular flexibility index (Phi) is 7.39. The van der Waals surface area contributed by atoms with Gasteiger partial charge < -0.3 is 14.8 Å². The van der Waals surface area contributed by atoms with Crippen LogP contribution in [0.5, 0.6) is 0 Å². The molecule has 0 saturated heterocycles. The van der Waals surface area contributed by atoms with E-state index < -0.39 is 40.1 Å². The van der Waals surface area contributed by atoms with Crippen LogP contribution in [0.25, 0.3) is 0 Å². The molecule has 0 aromatic rings. The first-order valence-corrected chi connectivity index (χ1v) is 4.68. The quantitative estimate of drug-likeness (QED) is 0.363. The Bertz CT molecular complexity index is 308. The molecule has 14 heavy (non-hydrogen) atoms. The van der Waals surface area contributed by atoms with E-state index in [1.807, 2.05) is 0 Å². The molecule has 76 valence electrons. The van der Waals surface area contributed by atoms with Gasteiger partial charge in [-0.3, -0.25) is 9.59 Å². The predicted molar refractivity (Wildman–Crippen MR) is 37.9 cm³/mol. The average Bonchev–Trinajstić information content (AvgIpc) is 1.81. The SMILES string of the molecule is O=C(O)CC(CS(=O)(=O)[O-])C(=O)O.[Na+]. The van der Waals surface area contributed by atoms with Gasteiger partial charge in [-0.05, 0) is 0 Å². The van der Waals surface area contributed by atoms with Crippen molar-refractivity contribution in [1.82, 2.24) is 0 Å². The summed E-state index contributed by atoms with van der Waals surface area (Å²) in [5.74, 6) is -5.95. The molecule has 0 amide bonds. The Hall–Kier alpha value is -0.150. The van der Waals surface area contributed by atoms with Gasteiger partial charge >= 0.3 is 41.5 Å². The molecule has 0 aromatic heterocycles. The summed E-state index contributed by atoms with van der Waals surface area (Å²) >= 11 is 0. The molecule has 7 nitrogen and oxygen atoms in total. The van der Waals surface area contributed by atoms with E-state index in [-0.39, 0.29) is 29.6 Å². The van der Waals surface area contributed by atoms with E-state index in [1.165, 1.54) is 0 Å². The second-order valence-electron chi connectivity index (χ2n) is 2.36. The Morgan fingerprint density at radius 3 is 1.93 bits per heavy atom. The van der Waals surface area contributed by atoms with Crippen molar-refractivity contribution in [2.75, 3.05) is 5.75 Å². The third-order valence-corrected chi connectivity index (χ3v) is 1.99. The first-order chi connectivity index (χ1) is 5.72. The second-order valence-corrected chi connectivity index (χ2v) is 3.81. The fourth-order valence-electron chi connectivity index (χ4n) is 0.675. The molecule has 0 aliphatic carbocycles. The van der Waals surface area contributed by atoms with Gasteiger partial charge in [0.15, 0.2) is 0 Å². The molecular weight excluding hydrogens is 227 g/mol. The number of rotatable bonds is 5. The molecule has 0 bridgehead atoms. The van der Waals surface area contributed by atoms with E-state index in [9.17, 15) is 22.6 Å². The molecule has 0 heterocycles. The van der Waals surface area contributed by atoms with Gasteiger partial charge in [0.25, 0.3) is 0 Å². The molecule has 0 rings (SSSR count). The van der Waals surface area contributed by atoms with Gasteiger partial charge in [-0.25, -0.2) is 8.42 Å². The number of hydrogen-bond acceptors (Lipinski definition) is 5. The van der Waals surface area contributed by atoms with Crippen LogP contribution >= 0.6 is 0 Å². The van der Waals surface area contributed by atoms with Crippen LogP contribution < -0.4 is 29.6 Å². The van der Waals surface area contributed by atoms with Gasteiger partial charge in [-0.15, -0.1) is 0 Å². The van der Waals surface area contributed by atoms with Crippen LogP contribution in [0.15, 0.2) is 0 Å². The third-order valence-electron chi connectivity index (χ3n) is 1.18. The Morgan fingerprint density at radius 1 is 1.29 bits per heavy atom. The summed E-state index contributed by atoms with van der Waals surface area (Å²) in [5, 5.41) is 16.5. The molecule has 0 radical (unpaired) electrons. The maximum atomic E-state index is 10.2. The monoisotopic (exact) mass is 234 g/mol. The maximum absolute atomic E-state index is 10.2. The zero-order chi connectivity index (χ0) is 10.6. The zero-order valence-corrected chi connectivity index (χ0v) is 10.2. The van der Waals surface area contributed by atoms with Crippen molar-refractivity contribution in [3.63, 3.8) is 0 Å². The molecule has 0 saturated carbocycles. The van der Waals surface area contributed by atoms with Crippen LogP contribution in [0.1, 0.15) is 6.42 Å².